The minimum atomic E-state index is 0.196. The Bertz CT molecular complexity index is 434. The van der Waals surface area contributed by atoms with E-state index in [1.165, 1.54) is 49.1 Å². The first kappa shape index (κ1) is 15.6. The lowest BCUT2D eigenvalue weighted by Gasteiger charge is -2.23. The monoisotopic (exact) mass is 277 g/mol. The molecule has 0 saturated heterocycles. The summed E-state index contributed by atoms with van der Waals surface area (Å²) in [5, 5.41) is 8.41. The van der Waals surface area contributed by atoms with Gasteiger partial charge in [0.2, 0.25) is 0 Å². The van der Waals surface area contributed by atoms with E-state index in [4.69, 9.17) is 5.10 Å². The number of aromatic nitrogens is 2. The quantitative estimate of drug-likeness (QED) is 0.903. The van der Waals surface area contributed by atoms with Crippen LogP contribution in [0.4, 0.5) is 0 Å². The maximum atomic E-state index is 4.84. The zero-order valence-electron chi connectivity index (χ0n) is 13.9. The maximum absolute atomic E-state index is 4.84. The average Bonchev–Trinajstić information content (AvgIpc) is 2.66. The minimum absolute atomic E-state index is 0.196. The zero-order valence-corrected chi connectivity index (χ0v) is 13.9. The summed E-state index contributed by atoms with van der Waals surface area (Å²) in [5.74, 6) is 0. The van der Waals surface area contributed by atoms with Crippen LogP contribution >= 0.6 is 0 Å². The Hall–Kier alpha value is -0.830. The summed E-state index contributed by atoms with van der Waals surface area (Å²) in [5.41, 5.74) is 4.27. The van der Waals surface area contributed by atoms with E-state index in [2.05, 4.69) is 44.6 Å². The van der Waals surface area contributed by atoms with Gasteiger partial charge >= 0.3 is 0 Å². The van der Waals surface area contributed by atoms with Gasteiger partial charge in [-0.05, 0) is 66.0 Å². The van der Waals surface area contributed by atoms with Crippen molar-refractivity contribution in [1.82, 2.24) is 15.1 Å². The van der Waals surface area contributed by atoms with Crippen molar-refractivity contribution in [3.63, 3.8) is 0 Å². The fourth-order valence-electron chi connectivity index (χ4n) is 3.30. The van der Waals surface area contributed by atoms with E-state index in [0.717, 1.165) is 13.0 Å². The third-order valence-corrected chi connectivity index (χ3v) is 4.43. The molecule has 2 rings (SSSR count). The number of nitrogens with one attached hydrogen (secondary N) is 1. The Morgan fingerprint density at radius 2 is 1.80 bits per heavy atom. The maximum Gasteiger partial charge on any atom is 0.0629 e. The van der Waals surface area contributed by atoms with Gasteiger partial charge in [-0.2, -0.15) is 5.10 Å². The van der Waals surface area contributed by atoms with Gasteiger partial charge in [0.05, 0.1) is 11.7 Å². The smallest absolute Gasteiger partial charge is 0.0629 e. The molecule has 1 N–H and O–H groups in total. The second-order valence-corrected chi connectivity index (χ2v) is 7.31. The summed E-state index contributed by atoms with van der Waals surface area (Å²) in [4.78, 5) is 0. The standard InChI is InChI=1S/C17H31N3/c1-13-16(11-12-18-17(3,4)5)14(2)20(19-13)15-9-7-6-8-10-15/h15,18H,6-12H2,1-5H3. The van der Waals surface area contributed by atoms with E-state index < -0.39 is 0 Å². The van der Waals surface area contributed by atoms with Gasteiger partial charge in [0.25, 0.3) is 0 Å². The topological polar surface area (TPSA) is 29.9 Å². The van der Waals surface area contributed by atoms with E-state index in [-0.39, 0.29) is 5.54 Å². The number of hydrogen-bond donors (Lipinski definition) is 1. The molecular formula is C17H31N3. The van der Waals surface area contributed by atoms with Crippen LogP contribution in [0, 0.1) is 13.8 Å². The van der Waals surface area contributed by atoms with Gasteiger partial charge in [-0.3, -0.25) is 4.68 Å². The van der Waals surface area contributed by atoms with Crippen molar-refractivity contribution in [3.8, 4) is 0 Å². The van der Waals surface area contributed by atoms with Crippen LogP contribution in [0.3, 0.4) is 0 Å². The highest BCUT2D eigenvalue weighted by Crippen LogP contribution is 2.30. The van der Waals surface area contributed by atoms with Crippen LogP contribution in [0.2, 0.25) is 0 Å². The molecule has 0 radical (unpaired) electrons. The molecule has 20 heavy (non-hydrogen) atoms. The highest BCUT2D eigenvalue weighted by atomic mass is 15.3. The molecule has 1 aliphatic rings. The van der Waals surface area contributed by atoms with Crippen molar-refractivity contribution < 1.29 is 0 Å². The third-order valence-electron chi connectivity index (χ3n) is 4.43. The van der Waals surface area contributed by atoms with Crippen molar-refractivity contribution in [2.24, 2.45) is 0 Å². The van der Waals surface area contributed by atoms with Gasteiger partial charge in [-0.1, -0.05) is 19.3 Å². The van der Waals surface area contributed by atoms with E-state index >= 15 is 0 Å². The van der Waals surface area contributed by atoms with E-state index in [0.29, 0.717) is 6.04 Å². The summed E-state index contributed by atoms with van der Waals surface area (Å²) in [6.45, 7) is 12.1. The number of rotatable bonds is 4. The summed E-state index contributed by atoms with van der Waals surface area (Å²) in [7, 11) is 0. The van der Waals surface area contributed by atoms with Gasteiger partial charge in [-0.25, -0.2) is 0 Å². The summed E-state index contributed by atoms with van der Waals surface area (Å²) >= 11 is 0. The largest absolute Gasteiger partial charge is 0.312 e. The molecule has 0 spiro atoms. The first-order valence-corrected chi connectivity index (χ1v) is 8.18. The summed E-state index contributed by atoms with van der Waals surface area (Å²) < 4.78 is 2.32. The highest BCUT2D eigenvalue weighted by molar-refractivity contribution is 5.25. The third kappa shape index (κ3) is 3.85. The predicted molar refractivity (Wildman–Crippen MR) is 85.3 cm³/mol. The van der Waals surface area contributed by atoms with Crippen LogP contribution in [0.5, 0.6) is 0 Å². The average molecular weight is 277 g/mol. The number of nitrogens with zero attached hydrogens (tertiary/aromatic N) is 2. The highest BCUT2D eigenvalue weighted by Gasteiger charge is 2.21. The van der Waals surface area contributed by atoms with Crippen LogP contribution < -0.4 is 5.32 Å². The zero-order chi connectivity index (χ0) is 14.8. The molecule has 0 aliphatic heterocycles. The van der Waals surface area contributed by atoms with Gasteiger partial charge in [0.1, 0.15) is 0 Å². The normalized spacial score (nSPS) is 17.6. The predicted octanol–water partition coefficient (Wildman–Crippen LogP) is 3.94. The molecule has 1 aromatic rings. The van der Waals surface area contributed by atoms with Crippen molar-refractivity contribution in [3.05, 3.63) is 17.0 Å². The second-order valence-electron chi connectivity index (χ2n) is 7.31. The Morgan fingerprint density at radius 1 is 1.15 bits per heavy atom. The van der Waals surface area contributed by atoms with Crippen molar-refractivity contribution in [2.45, 2.75) is 84.7 Å². The van der Waals surface area contributed by atoms with Gasteiger partial charge in [-0.15, -0.1) is 0 Å². The Kier molecular flexibility index (Phi) is 4.90. The van der Waals surface area contributed by atoms with Gasteiger partial charge < -0.3 is 5.32 Å². The van der Waals surface area contributed by atoms with Gasteiger partial charge in [0.15, 0.2) is 0 Å². The van der Waals surface area contributed by atoms with Gasteiger partial charge in [0, 0.05) is 11.2 Å². The minimum Gasteiger partial charge on any atom is -0.312 e. The number of hydrogen-bond acceptors (Lipinski definition) is 2. The molecule has 0 bridgehead atoms. The van der Waals surface area contributed by atoms with Crippen LogP contribution in [0.1, 0.15) is 75.9 Å². The van der Waals surface area contributed by atoms with Crippen molar-refractivity contribution >= 4 is 0 Å². The molecular weight excluding hydrogens is 246 g/mol. The molecule has 3 heteroatoms. The molecule has 0 atom stereocenters. The van der Waals surface area contributed by atoms with Crippen LogP contribution in [0.25, 0.3) is 0 Å². The molecule has 0 aromatic carbocycles. The molecule has 0 unspecified atom stereocenters. The Morgan fingerprint density at radius 3 is 2.40 bits per heavy atom. The lowest BCUT2D eigenvalue weighted by Crippen LogP contribution is -2.37. The molecule has 1 aromatic heterocycles. The molecule has 1 aliphatic carbocycles. The van der Waals surface area contributed by atoms with Crippen LogP contribution in [0.15, 0.2) is 0 Å². The first-order chi connectivity index (χ1) is 9.38. The summed E-state index contributed by atoms with van der Waals surface area (Å²) in [6.07, 6.45) is 7.83. The van der Waals surface area contributed by atoms with E-state index in [1.807, 2.05) is 0 Å². The fourth-order valence-corrected chi connectivity index (χ4v) is 3.30. The number of aryl methyl sites for hydroxylation is 1. The molecule has 3 nitrogen and oxygen atoms in total. The van der Waals surface area contributed by atoms with E-state index in [9.17, 15) is 0 Å². The summed E-state index contributed by atoms with van der Waals surface area (Å²) in [6, 6.07) is 0.645. The van der Waals surface area contributed by atoms with E-state index in [1.54, 1.807) is 0 Å². The Balaban J connectivity index is 2.04. The molecule has 1 heterocycles. The van der Waals surface area contributed by atoms with Crippen LogP contribution in [-0.4, -0.2) is 21.9 Å². The van der Waals surface area contributed by atoms with Crippen molar-refractivity contribution in [2.75, 3.05) is 6.54 Å². The fraction of sp³-hybridized carbons (Fsp3) is 0.824. The van der Waals surface area contributed by atoms with Crippen molar-refractivity contribution in [1.29, 1.82) is 0 Å². The lowest BCUT2D eigenvalue weighted by atomic mass is 9.95. The SMILES string of the molecule is Cc1nn(C2CCCCC2)c(C)c1CCNC(C)(C)C. The molecule has 114 valence electrons. The second kappa shape index (κ2) is 6.30. The first-order valence-electron chi connectivity index (χ1n) is 8.18. The molecule has 0 amide bonds. The molecule has 1 saturated carbocycles. The molecule has 1 fully saturated rings. The van der Waals surface area contributed by atoms with Crippen LogP contribution in [-0.2, 0) is 6.42 Å². The lowest BCUT2D eigenvalue weighted by molar-refractivity contribution is 0.323. The Labute approximate surface area is 124 Å².